The summed E-state index contributed by atoms with van der Waals surface area (Å²) in [5.74, 6) is 1.01. The van der Waals surface area contributed by atoms with Crippen LogP contribution >= 0.6 is 15.9 Å². The van der Waals surface area contributed by atoms with E-state index in [4.69, 9.17) is 4.74 Å². The first-order valence-corrected chi connectivity index (χ1v) is 6.13. The number of hydrogen-bond acceptors (Lipinski definition) is 2. The van der Waals surface area contributed by atoms with Crippen LogP contribution in [0.25, 0.3) is 0 Å². The first-order chi connectivity index (χ1) is 7.65. The van der Waals surface area contributed by atoms with Crippen LogP contribution in [-0.4, -0.2) is 18.6 Å². The van der Waals surface area contributed by atoms with Crippen LogP contribution in [0, 0.1) is 6.92 Å². The molecule has 1 aliphatic heterocycles. The van der Waals surface area contributed by atoms with Gasteiger partial charge in [0.2, 0.25) is 5.91 Å². The van der Waals surface area contributed by atoms with Gasteiger partial charge < -0.3 is 10.1 Å². The van der Waals surface area contributed by atoms with E-state index in [0.717, 1.165) is 22.2 Å². The summed E-state index contributed by atoms with van der Waals surface area (Å²) in [7, 11) is 0. The van der Waals surface area contributed by atoms with Crippen molar-refractivity contribution < 1.29 is 9.53 Å². The van der Waals surface area contributed by atoms with E-state index < -0.39 is 0 Å². The Balaban J connectivity index is 0.00000144. The van der Waals surface area contributed by atoms with Crippen LogP contribution in [0.2, 0.25) is 0 Å². The highest BCUT2D eigenvalue weighted by molar-refractivity contribution is 9.10. The number of hydrogen-bond donors (Lipinski definition) is 1. The van der Waals surface area contributed by atoms with Crippen molar-refractivity contribution in [3.05, 3.63) is 28.2 Å². The molecule has 1 aromatic carbocycles. The second-order valence-electron chi connectivity index (χ2n) is 4.02. The Morgan fingerprint density at radius 2 is 2.29 bits per heavy atom. The van der Waals surface area contributed by atoms with Crippen LogP contribution in [0.1, 0.15) is 25.8 Å². The van der Waals surface area contributed by atoms with E-state index in [-0.39, 0.29) is 19.4 Å². The Hall–Kier alpha value is -1.03. The largest absolute Gasteiger partial charge is 0.491 e. The molecule has 0 spiro atoms. The van der Waals surface area contributed by atoms with Crippen molar-refractivity contribution in [1.29, 1.82) is 0 Å². The van der Waals surface area contributed by atoms with Crippen LogP contribution in [0.3, 0.4) is 0 Å². The second-order valence-corrected chi connectivity index (χ2v) is 4.94. The van der Waals surface area contributed by atoms with Gasteiger partial charge in [0.1, 0.15) is 12.4 Å². The average Bonchev–Trinajstić information content (AvgIpc) is 2.63. The Morgan fingerprint density at radius 1 is 1.53 bits per heavy atom. The number of carbonyl (C=O) groups is 1. The maximum Gasteiger partial charge on any atom is 0.220 e. The van der Waals surface area contributed by atoms with Crippen molar-refractivity contribution in [1.82, 2.24) is 5.32 Å². The predicted molar refractivity (Wildman–Crippen MR) is 72.3 cm³/mol. The Morgan fingerprint density at radius 3 is 2.88 bits per heavy atom. The Labute approximate surface area is 111 Å². The molecule has 2 rings (SSSR count). The van der Waals surface area contributed by atoms with E-state index in [1.54, 1.807) is 0 Å². The average molecular weight is 300 g/mol. The number of rotatable bonds is 3. The van der Waals surface area contributed by atoms with Crippen molar-refractivity contribution >= 4 is 21.8 Å². The van der Waals surface area contributed by atoms with E-state index in [1.807, 2.05) is 25.1 Å². The van der Waals surface area contributed by atoms with Crippen molar-refractivity contribution in [3.63, 3.8) is 0 Å². The molecule has 4 heteroatoms. The number of nitrogens with one attached hydrogen (secondary N) is 1. The highest BCUT2D eigenvalue weighted by Gasteiger charge is 2.21. The van der Waals surface area contributed by atoms with Crippen molar-refractivity contribution in [2.24, 2.45) is 0 Å². The second kappa shape index (κ2) is 6.05. The first-order valence-electron chi connectivity index (χ1n) is 5.33. The molecule has 0 bridgehead atoms. The lowest BCUT2D eigenvalue weighted by Crippen LogP contribution is -2.30. The van der Waals surface area contributed by atoms with E-state index in [9.17, 15) is 4.79 Å². The number of halogens is 1. The van der Waals surface area contributed by atoms with E-state index in [2.05, 4.69) is 21.2 Å². The SMILES string of the molecule is C.Cc1cc(Br)ccc1OCC1CCC(=O)N1. The van der Waals surface area contributed by atoms with E-state index in [1.165, 1.54) is 0 Å². The molecule has 0 saturated carbocycles. The third-order valence-electron chi connectivity index (χ3n) is 2.66. The number of aryl methyl sites for hydroxylation is 1. The first kappa shape index (κ1) is 14.0. The van der Waals surface area contributed by atoms with Crippen LogP contribution in [0.4, 0.5) is 0 Å². The molecular weight excluding hydrogens is 282 g/mol. The van der Waals surface area contributed by atoms with E-state index in [0.29, 0.717) is 13.0 Å². The third-order valence-corrected chi connectivity index (χ3v) is 3.16. The van der Waals surface area contributed by atoms with Gasteiger partial charge >= 0.3 is 0 Å². The molecule has 1 heterocycles. The van der Waals surface area contributed by atoms with Gasteiger partial charge in [0.15, 0.2) is 0 Å². The lowest BCUT2D eigenvalue weighted by molar-refractivity contribution is -0.119. The summed E-state index contributed by atoms with van der Waals surface area (Å²) in [4.78, 5) is 11.0. The molecule has 0 radical (unpaired) electrons. The number of ether oxygens (including phenoxy) is 1. The molecular formula is C13H18BrNO2. The van der Waals surface area contributed by atoms with Crippen LogP contribution in [0.15, 0.2) is 22.7 Å². The zero-order chi connectivity index (χ0) is 11.5. The minimum atomic E-state index is 0. The molecule has 0 aliphatic carbocycles. The normalized spacial score (nSPS) is 18.5. The Kier molecular flexibility index (Phi) is 5.00. The summed E-state index contributed by atoms with van der Waals surface area (Å²) in [5, 5.41) is 2.88. The minimum absolute atomic E-state index is 0. The molecule has 1 aliphatic rings. The third kappa shape index (κ3) is 3.73. The molecule has 17 heavy (non-hydrogen) atoms. The highest BCUT2D eigenvalue weighted by atomic mass is 79.9. The van der Waals surface area contributed by atoms with Gasteiger partial charge in [-0.2, -0.15) is 0 Å². The lowest BCUT2D eigenvalue weighted by Gasteiger charge is -2.13. The fraction of sp³-hybridized carbons (Fsp3) is 0.462. The fourth-order valence-electron chi connectivity index (χ4n) is 1.77. The zero-order valence-electron chi connectivity index (χ0n) is 9.13. The molecule has 3 nitrogen and oxygen atoms in total. The van der Waals surface area contributed by atoms with Gasteiger partial charge in [0, 0.05) is 10.9 Å². The highest BCUT2D eigenvalue weighted by Crippen LogP contribution is 2.22. The van der Waals surface area contributed by atoms with Crippen molar-refractivity contribution in [2.45, 2.75) is 33.2 Å². The number of carbonyl (C=O) groups excluding carboxylic acids is 1. The quantitative estimate of drug-likeness (QED) is 0.931. The summed E-state index contributed by atoms with van der Waals surface area (Å²) in [6.45, 7) is 2.56. The molecule has 1 fully saturated rings. The molecule has 0 aromatic heterocycles. The maximum absolute atomic E-state index is 11.0. The molecule has 1 atom stereocenters. The molecule has 1 amide bonds. The minimum Gasteiger partial charge on any atom is -0.491 e. The molecule has 1 N–H and O–H groups in total. The predicted octanol–water partition coefficient (Wildman–Crippen LogP) is 3.05. The molecule has 1 saturated heterocycles. The van der Waals surface area contributed by atoms with Gasteiger partial charge in [0.25, 0.3) is 0 Å². The molecule has 1 unspecified atom stereocenters. The number of amides is 1. The van der Waals surface area contributed by atoms with Gasteiger partial charge in [-0.05, 0) is 37.1 Å². The van der Waals surface area contributed by atoms with Crippen LogP contribution in [-0.2, 0) is 4.79 Å². The van der Waals surface area contributed by atoms with Gasteiger partial charge in [-0.25, -0.2) is 0 Å². The van der Waals surface area contributed by atoms with Crippen molar-refractivity contribution in [2.75, 3.05) is 6.61 Å². The lowest BCUT2D eigenvalue weighted by atomic mass is 10.2. The van der Waals surface area contributed by atoms with Gasteiger partial charge in [-0.3, -0.25) is 4.79 Å². The summed E-state index contributed by atoms with van der Waals surface area (Å²) in [6.07, 6.45) is 1.49. The Bertz CT molecular complexity index is 406. The smallest absolute Gasteiger partial charge is 0.220 e. The van der Waals surface area contributed by atoms with Gasteiger partial charge in [0.05, 0.1) is 6.04 Å². The zero-order valence-corrected chi connectivity index (χ0v) is 10.7. The summed E-state index contributed by atoms with van der Waals surface area (Å²) in [5.41, 5.74) is 1.10. The topological polar surface area (TPSA) is 38.3 Å². The maximum atomic E-state index is 11.0. The molecule has 94 valence electrons. The monoisotopic (exact) mass is 299 g/mol. The summed E-state index contributed by atoms with van der Waals surface area (Å²) in [6, 6.07) is 6.07. The summed E-state index contributed by atoms with van der Waals surface area (Å²) >= 11 is 3.41. The van der Waals surface area contributed by atoms with E-state index >= 15 is 0 Å². The van der Waals surface area contributed by atoms with Crippen molar-refractivity contribution in [3.8, 4) is 5.75 Å². The fourth-order valence-corrected chi connectivity index (χ4v) is 2.24. The summed E-state index contributed by atoms with van der Waals surface area (Å²) < 4.78 is 6.74. The number of benzene rings is 1. The molecule has 1 aromatic rings. The van der Waals surface area contributed by atoms with Gasteiger partial charge in [-0.15, -0.1) is 0 Å². The van der Waals surface area contributed by atoms with Gasteiger partial charge in [-0.1, -0.05) is 23.4 Å². The standard InChI is InChI=1S/C12H14BrNO2.CH4/c1-8-6-9(13)2-4-11(8)16-7-10-3-5-12(15)14-10;/h2,4,6,10H,3,5,7H2,1H3,(H,14,15);1H4. The van der Waals surface area contributed by atoms with Crippen LogP contribution in [0.5, 0.6) is 5.75 Å². The van der Waals surface area contributed by atoms with Crippen LogP contribution < -0.4 is 10.1 Å².